The first-order valence-electron chi connectivity index (χ1n) is 8.60. The highest BCUT2D eigenvalue weighted by atomic mass is 32.2. The fraction of sp³-hybridized carbons (Fsp3) is 0.556. The third-order valence-electron chi connectivity index (χ3n) is 4.60. The van der Waals surface area contributed by atoms with Gasteiger partial charge in [-0.3, -0.25) is 0 Å². The van der Waals surface area contributed by atoms with E-state index >= 15 is 0 Å². The average Bonchev–Trinajstić information content (AvgIpc) is 2.58. The zero-order chi connectivity index (χ0) is 20.4. The third kappa shape index (κ3) is 5.83. The molecule has 0 bridgehead atoms. The molecule has 0 radical (unpaired) electrons. The van der Waals surface area contributed by atoms with Gasteiger partial charge < -0.3 is 14.9 Å². The summed E-state index contributed by atoms with van der Waals surface area (Å²) in [6.45, 7) is 7.71. The molecular weight excluding hydrogens is 404 g/mol. The summed E-state index contributed by atoms with van der Waals surface area (Å²) in [7, 11) is -3.19. The molecule has 1 aliphatic heterocycles. The standard InChI is InChI=1S/C18H26N2O4S3/c1-18(2,3)15-11-19(9-10-20(15)16(21)22)17(25)26-12-13-5-7-14(8-6-13)27(4,23)24/h5-8,15H,9-12H2,1-4H3,(H,21,22). The maximum absolute atomic E-state index is 11.5. The van der Waals surface area contributed by atoms with Crippen LogP contribution in [0.25, 0.3) is 0 Å². The van der Waals surface area contributed by atoms with Gasteiger partial charge in [-0.1, -0.05) is 56.9 Å². The molecule has 1 aliphatic rings. The molecule has 1 aromatic carbocycles. The topological polar surface area (TPSA) is 77.9 Å². The highest BCUT2D eigenvalue weighted by Crippen LogP contribution is 2.29. The van der Waals surface area contributed by atoms with E-state index in [1.807, 2.05) is 20.8 Å². The van der Waals surface area contributed by atoms with Crippen molar-refractivity contribution in [3.8, 4) is 0 Å². The molecule has 0 saturated carbocycles. The fourth-order valence-electron chi connectivity index (χ4n) is 2.99. The molecule has 1 atom stereocenters. The Morgan fingerprint density at radius 1 is 1.26 bits per heavy atom. The van der Waals surface area contributed by atoms with Crippen LogP contribution < -0.4 is 0 Å². The van der Waals surface area contributed by atoms with E-state index in [-0.39, 0.29) is 11.5 Å². The van der Waals surface area contributed by atoms with Crippen LogP contribution in [0.4, 0.5) is 4.79 Å². The van der Waals surface area contributed by atoms with Crippen molar-refractivity contribution in [3.05, 3.63) is 29.8 Å². The number of amides is 1. The number of piperazine rings is 1. The molecule has 1 saturated heterocycles. The molecule has 0 aromatic heterocycles. The number of benzene rings is 1. The van der Waals surface area contributed by atoms with Gasteiger partial charge in [-0.25, -0.2) is 13.2 Å². The summed E-state index contributed by atoms with van der Waals surface area (Å²) in [5.74, 6) is 0.641. The lowest BCUT2D eigenvalue weighted by Gasteiger charge is -2.46. The normalized spacial score (nSPS) is 18.4. The van der Waals surface area contributed by atoms with Crippen molar-refractivity contribution in [3.63, 3.8) is 0 Å². The Balaban J connectivity index is 1.99. The van der Waals surface area contributed by atoms with Crippen LogP contribution in [-0.4, -0.2) is 65.7 Å². The Labute approximate surface area is 170 Å². The van der Waals surface area contributed by atoms with Gasteiger partial charge in [-0.2, -0.15) is 0 Å². The largest absolute Gasteiger partial charge is 0.465 e. The first-order chi connectivity index (χ1) is 12.4. The van der Waals surface area contributed by atoms with Crippen LogP contribution in [0.2, 0.25) is 0 Å². The Morgan fingerprint density at radius 2 is 1.85 bits per heavy atom. The lowest BCUT2D eigenvalue weighted by Crippen LogP contribution is -2.59. The van der Waals surface area contributed by atoms with Crippen molar-refractivity contribution < 1.29 is 18.3 Å². The minimum Gasteiger partial charge on any atom is -0.465 e. The third-order valence-corrected chi connectivity index (χ3v) is 7.32. The number of hydrogen-bond acceptors (Lipinski definition) is 5. The molecule has 150 valence electrons. The molecule has 1 fully saturated rings. The van der Waals surface area contributed by atoms with E-state index in [4.69, 9.17) is 12.2 Å². The van der Waals surface area contributed by atoms with Crippen molar-refractivity contribution in [1.82, 2.24) is 9.80 Å². The van der Waals surface area contributed by atoms with Gasteiger partial charge in [-0.15, -0.1) is 0 Å². The Hall–Kier alpha value is -1.32. The van der Waals surface area contributed by atoms with Gasteiger partial charge in [0.25, 0.3) is 0 Å². The van der Waals surface area contributed by atoms with Crippen LogP contribution in [-0.2, 0) is 15.6 Å². The highest BCUT2D eigenvalue weighted by molar-refractivity contribution is 8.22. The number of nitrogens with zero attached hydrogens (tertiary/aromatic N) is 2. The molecule has 6 nitrogen and oxygen atoms in total. The molecule has 1 aromatic rings. The van der Waals surface area contributed by atoms with Crippen molar-refractivity contribution in [2.75, 3.05) is 25.9 Å². The van der Waals surface area contributed by atoms with Gasteiger partial charge in [-0.05, 0) is 23.1 Å². The lowest BCUT2D eigenvalue weighted by molar-refractivity contribution is 0.0439. The lowest BCUT2D eigenvalue weighted by atomic mass is 9.84. The molecule has 1 amide bonds. The molecule has 2 rings (SSSR count). The van der Waals surface area contributed by atoms with E-state index in [9.17, 15) is 18.3 Å². The average molecular weight is 431 g/mol. The van der Waals surface area contributed by atoms with Crippen LogP contribution in [0.15, 0.2) is 29.2 Å². The van der Waals surface area contributed by atoms with Crippen LogP contribution in [0.3, 0.4) is 0 Å². The predicted octanol–water partition coefficient (Wildman–Crippen LogP) is 3.32. The fourth-order valence-corrected chi connectivity index (χ4v) is 4.79. The van der Waals surface area contributed by atoms with E-state index in [1.54, 1.807) is 24.3 Å². The predicted molar refractivity (Wildman–Crippen MR) is 113 cm³/mol. The van der Waals surface area contributed by atoms with E-state index in [0.717, 1.165) is 9.88 Å². The minimum absolute atomic E-state index is 0.128. The minimum atomic E-state index is -3.19. The van der Waals surface area contributed by atoms with E-state index < -0.39 is 15.9 Å². The maximum Gasteiger partial charge on any atom is 0.407 e. The van der Waals surface area contributed by atoms with Crippen LogP contribution in [0.5, 0.6) is 0 Å². The Kier molecular flexibility index (Phi) is 6.81. The molecule has 1 N–H and O–H groups in total. The van der Waals surface area contributed by atoms with Gasteiger partial charge >= 0.3 is 6.09 Å². The second-order valence-electron chi connectivity index (χ2n) is 7.77. The quantitative estimate of drug-likeness (QED) is 0.737. The molecule has 0 aliphatic carbocycles. The van der Waals surface area contributed by atoms with E-state index in [2.05, 4.69) is 4.90 Å². The van der Waals surface area contributed by atoms with Crippen molar-refractivity contribution >= 4 is 44.2 Å². The summed E-state index contributed by atoms with van der Waals surface area (Å²) in [5, 5.41) is 9.46. The summed E-state index contributed by atoms with van der Waals surface area (Å²) in [6, 6.07) is 6.68. The van der Waals surface area contributed by atoms with Gasteiger partial charge in [0.15, 0.2) is 9.84 Å². The highest BCUT2D eigenvalue weighted by Gasteiger charge is 2.38. The second-order valence-corrected chi connectivity index (χ2v) is 11.4. The van der Waals surface area contributed by atoms with E-state index in [0.29, 0.717) is 30.3 Å². The number of thiocarbonyl (C=S) groups is 1. The summed E-state index contributed by atoms with van der Waals surface area (Å²) in [4.78, 5) is 15.4. The van der Waals surface area contributed by atoms with Crippen molar-refractivity contribution in [2.24, 2.45) is 5.41 Å². The van der Waals surface area contributed by atoms with Gasteiger partial charge in [0.1, 0.15) is 4.32 Å². The van der Waals surface area contributed by atoms with Gasteiger partial charge in [0, 0.05) is 31.6 Å². The SMILES string of the molecule is CC(C)(C)C1CN(C(=S)SCc2ccc(S(C)(=O)=O)cc2)CCN1C(=O)O. The van der Waals surface area contributed by atoms with Crippen molar-refractivity contribution in [2.45, 2.75) is 37.5 Å². The summed E-state index contributed by atoms with van der Waals surface area (Å²) < 4.78 is 23.8. The molecular formula is C18H26N2O4S3. The molecule has 1 unspecified atom stereocenters. The van der Waals surface area contributed by atoms with Crippen LogP contribution in [0, 0.1) is 5.41 Å². The zero-order valence-corrected chi connectivity index (χ0v) is 18.5. The summed E-state index contributed by atoms with van der Waals surface area (Å²) >= 11 is 7.08. The summed E-state index contributed by atoms with van der Waals surface area (Å²) in [5.41, 5.74) is 0.810. The number of hydrogen-bond donors (Lipinski definition) is 1. The number of sulfone groups is 1. The maximum atomic E-state index is 11.5. The molecule has 27 heavy (non-hydrogen) atoms. The summed E-state index contributed by atoms with van der Waals surface area (Å²) in [6.07, 6.45) is 0.299. The smallest absolute Gasteiger partial charge is 0.407 e. The van der Waals surface area contributed by atoms with Crippen LogP contribution in [0.1, 0.15) is 26.3 Å². The first-order valence-corrected chi connectivity index (χ1v) is 11.9. The van der Waals surface area contributed by atoms with E-state index in [1.165, 1.54) is 22.9 Å². The van der Waals surface area contributed by atoms with Crippen molar-refractivity contribution in [1.29, 1.82) is 0 Å². The number of carboxylic acid groups (broad SMARTS) is 1. The first kappa shape index (κ1) is 22.0. The monoisotopic (exact) mass is 430 g/mol. The second kappa shape index (κ2) is 8.36. The Morgan fingerprint density at radius 3 is 2.33 bits per heavy atom. The molecule has 1 heterocycles. The van der Waals surface area contributed by atoms with Gasteiger partial charge in [0.2, 0.25) is 0 Å². The zero-order valence-electron chi connectivity index (χ0n) is 16.0. The molecule has 9 heteroatoms. The number of carbonyl (C=O) groups is 1. The molecule has 0 spiro atoms. The Bertz CT molecular complexity index is 801. The number of thioether (sulfide) groups is 1. The number of rotatable bonds is 3. The van der Waals surface area contributed by atoms with Gasteiger partial charge in [0.05, 0.1) is 10.9 Å². The van der Waals surface area contributed by atoms with Crippen LogP contribution >= 0.6 is 24.0 Å².